The number of hydrogen-bond donors (Lipinski definition) is 1. The number of nitrogens with one attached hydrogen (secondary N) is 1. The Morgan fingerprint density at radius 1 is 1.00 bits per heavy atom. The average Bonchev–Trinajstić information content (AvgIpc) is 2.78. The van der Waals surface area contributed by atoms with Gasteiger partial charge in [-0.25, -0.2) is 4.79 Å². The lowest BCUT2D eigenvalue weighted by molar-refractivity contribution is -0.384. The van der Waals surface area contributed by atoms with Crippen LogP contribution in [-0.4, -0.2) is 23.4 Å². The smallest absolute Gasteiger partial charge is 0.339 e. The molecule has 0 aromatic heterocycles. The molecule has 0 atom stereocenters. The van der Waals surface area contributed by atoms with Crippen molar-refractivity contribution in [2.24, 2.45) is 0 Å². The minimum atomic E-state index is -0.650. The molecule has 0 aliphatic carbocycles. The molecule has 8 heteroatoms. The SMILES string of the molecule is Cc1cc([N+](=O)[O-])ccc1NC(=O)COC(=O)c1ccccc1COc1ccccc1. The van der Waals surface area contributed by atoms with Gasteiger partial charge in [0.25, 0.3) is 11.6 Å². The van der Waals surface area contributed by atoms with Crippen LogP contribution in [0, 0.1) is 17.0 Å². The first-order valence-electron chi connectivity index (χ1n) is 9.42. The monoisotopic (exact) mass is 420 g/mol. The van der Waals surface area contributed by atoms with Crippen LogP contribution in [0.25, 0.3) is 0 Å². The molecule has 0 aliphatic rings. The summed E-state index contributed by atoms with van der Waals surface area (Å²) in [5.41, 5.74) is 1.79. The molecule has 158 valence electrons. The fourth-order valence-electron chi connectivity index (χ4n) is 2.82. The van der Waals surface area contributed by atoms with E-state index in [2.05, 4.69) is 5.32 Å². The van der Waals surface area contributed by atoms with Gasteiger partial charge in [0, 0.05) is 23.4 Å². The van der Waals surface area contributed by atoms with Gasteiger partial charge >= 0.3 is 5.97 Å². The highest BCUT2D eigenvalue weighted by Gasteiger charge is 2.16. The Labute approximate surface area is 178 Å². The van der Waals surface area contributed by atoms with Crippen molar-refractivity contribution in [2.75, 3.05) is 11.9 Å². The van der Waals surface area contributed by atoms with Crippen molar-refractivity contribution in [3.05, 3.63) is 99.6 Å². The van der Waals surface area contributed by atoms with Gasteiger partial charge in [0.2, 0.25) is 0 Å². The number of carbonyl (C=O) groups excluding carboxylic acids is 2. The van der Waals surface area contributed by atoms with Gasteiger partial charge in [-0.05, 0) is 36.8 Å². The summed E-state index contributed by atoms with van der Waals surface area (Å²) in [4.78, 5) is 34.9. The summed E-state index contributed by atoms with van der Waals surface area (Å²) in [5, 5.41) is 13.4. The molecule has 0 aliphatic heterocycles. The van der Waals surface area contributed by atoms with Crippen LogP contribution in [0.4, 0.5) is 11.4 Å². The van der Waals surface area contributed by atoms with Crippen molar-refractivity contribution in [3.63, 3.8) is 0 Å². The largest absolute Gasteiger partial charge is 0.489 e. The predicted octanol–water partition coefficient (Wildman–Crippen LogP) is 4.28. The zero-order valence-electron chi connectivity index (χ0n) is 16.7. The zero-order valence-corrected chi connectivity index (χ0v) is 16.7. The highest BCUT2D eigenvalue weighted by Crippen LogP contribution is 2.21. The summed E-state index contributed by atoms with van der Waals surface area (Å²) < 4.78 is 10.8. The molecule has 0 heterocycles. The number of rotatable bonds is 8. The van der Waals surface area contributed by atoms with Crippen LogP contribution in [0.1, 0.15) is 21.5 Å². The molecular weight excluding hydrogens is 400 g/mol. The number of benzene rings is 3. The van der Waals surface area contributed by atoms with Crippen molar-refractivity contribution in [1.29, 1.82) is 0 Å². The van der Waals surface area contributed by atoms with Crippen LogP contribution in [0.3, 0.4) is 0 Å². The standard InChI is InChI=1S/C23H20N2O6/c1-16-13-18(25(28)29)11-12-21(16)24-22(26)15-31-23(27)20-10-6-5-7-17(20)14-30-19-8-3-2-4-9-19/h2-13H,14-15H2,1H3,(H,24,26). The second-order valence-electron chi connectivity index (χ2n) is 6.64. The number of hydrogen-bond acceptors (Lipinski definition) is 6. The molecule has 0 bridgehead atoms. The van der Waals surface area contributed by atoms with Gasteiger partial charge in [-0.15, -0.1) is 0 Å². The minimum Gasteiger partial charge on any atom is -0.489 e. The number of nitrogens with zero attached hydrogens (tertiary/aromatic N) is 1. The van der Waals surface area contributed by atoms with Gasteiger partial charge in [0.1, 0.15) is 12.4 Å². The molecule has 3 aromatic rings. The van der Waals surface area contributed by atoms with E-state index in [4.69, 9.17) is 9.47 Å². The maximum Gasteiger partial charge on any atom is 0.339 e. The molecule has 0 saturated heterocycles. The van der Waals surface area contributed by atoms with Gasteiger partial charge < -0.3 is 14.8 Å². The highest BCUT2D eigenvalue weighted by atomic mass is 16.6. The summed E-state index contributed by atoms with van der Waals surface area (Å²) >= 11 is 0. The fourth-order valence-corrected chi connectivity index (χ4v) is 2.82. The second-order valence-corrected chi connectivity index (χ2v) is 6.64. The number of carbonyl (C=O) groups is 2. The number of amides is 1. The molecular formula is C23H20N2O6. The van der Waals surface area contributed by atoms with Crippen LogP contribution in [-0.2, 0) is 16.1 Å². The molecule has 0 unspecified atom stereocenters. The molecule has 8 nitrogen and oxygen atoms in total. The van der Waals surface area contributed by atoms with Gasteiger partial charge in [-0.2, -0.15) is 0 Å². The number of esters is 1. The van der Waals surface area contributed by atoms with Crippen molar-refractivity contribution in [3.8, 4) is 5.75 Å². The molecule has 0 spiro atoms. The third-order valence-electron chi connectivity index (χ3n) is 4.40. The molecule has 31 heavy (non-hydrogen) atoms. The number of non-ortho nitro benzene ring substituents is 1. The lowest BCUT2D eigenvalue weighted by Gasteiger charge is -2.12. The summed E-state index contributed by atoms with van der Waals surface area (Å²) in [5.74, 6) is -0.533. The third-order valence-corrected chi connectivity index (χ3v) is 4.40. The van der Waals surface area contributed by atoms with E-state index in [1.165, 1.54) is 18.2 Å². The summed E-state index contributed by atoms with van der Waals surface area (Å²) in [6.45, 7) is 1.31. The van der Waals surface area contributed by atoms with Crippen molar-refractivity contribution in [2.45, 2.75) is 13.5 Å². The Morgan fingerprint density at radius 3 is 2.42 bits per heavy atom. The first-order chi connectivity index (χ1) is 14.9. The van der Waals surface area contributed by atoms with Crippen LogP contribution in [0.2, 0.25) is 0 Å². The van der Waals surface area contributed by atoms with Crippen LogP contribution in [0.5, 0.6) is 5.75 Å². The molecule has 0 fully saturated rings. The van der Waals surface area contributed by atoms with Crippen molar-refractivity contribution >= 4 is 23.3 Å². The number of ether oxygens (including phenoxy) is 2. The van der Waals surface area contributed by atoms with Crippen LogP contribution < -0.4 is 10.1 Å². The number of para-hydroxylation sites is 1. The third kappa shape index (κ3) is 5.89. The van der Waals surface area contributed by atoms with E-state index < -0.39 is 23.4 Å². The number of nitro groups is 1. The molecule has 3 rings (SSSR count). The summed E-state index contributed by atoms with van der Waals surface area (Å²) in [6.07, 6.45) is 0. The lowest BCUT2D eigenvalue weighted by atomic mass is 10.1. The summed E-state index contributed by atoms with van der Waals surface area (Å²) in [7, 11) is 0. The van der Waals surface area contributed by atoms with Gasteiger partial charge in [0.15, 0.2) is 6.61 Å². The van der Waals surface area contributed by atoms with E-state index in [0.29, 0.717) is 28.1 Å². The molecule has 3 aromatic carbocycles. The van der Waals surface area contributed by atoms with E-state index >= 15 is 0 Å². The molecule has 1 N–H and O–H groups in total. The molecule has 0 radical (unpaired) electrons. The molecule has 0 saturated carbocycles. The predicted molar refractivity (Wildman–Crippen MR) is 114 cm³/mol. The fraction of sp³-hybridized carbons (Fsp3) is 0.130. The van der Waals surface area contributed by atoms with Crippen LogP contribution >= 0.6 is 0 Å². The quantitative estimate of drug-likeness (QED) is 0.331. The topological polar surface area (TPSA) is 108 Å². The highest BCUT2D eigenvalue weighted by molar-refractivity contribution is 5.96. The first kappa shape index (κ1) is 21.5. The minimum absolute atomic E-state index is 0.0729. The number of anilines is 1. The van der Waals surface area contributed by atoms with Gasteiger partial charge in [-0.1, -0.05) is 36.4 Å². The Hall–Kier alpha value is -4.20. The lowest BCUT2D eigenvalue weighted by Crippen LogP contribution is -2.22. The Balaban J connectivity index is 1.58. The van der Waals surface area contributed by atoms with E-state index in [9.17, 15) is 19.7 Å². The average molecular weight is 420 g/mol. The van der Waals surface area contributed by atoms with E-state index in [1.807, 2.05) is 30.3 Å². The first-order valence-corrected chi connectivity index (χ1v) is 9.42. The Bertz CT molecular complexity index is 1100. The van der Waals surface area contributed by atoms with Crippen molar-refractivity contribution < 1.29 is 24.0 Å². The van der Waals surface area contributed by atoms with Crippen LogP contribution in [0.15, 0.2) is 72.8 Å². The Morgan fingerprint density at radius 2 is 1.71 bits per heavy atom. The van der Waals surface area contributed by atoms with E-state index in [0.717, 1.165) is 0 Å². The maximum absolute atomic E-state index is 12.5. The number of aryl methyl sites for hydroxylation is 1. The second kappa shape index (κ2) is 10.0. The maximum atomic E-state index is 12.5. The Kier molecular flexibility index (Phi) is 6.95. The molecule has 1 amide bonds. The van der Waals surface area contributed by atoms with Crippen molar-refractivity contribution in [1.82, 2.24) is 0 Å². The van der Waals surface area contributed by atoms with Gasteiger partial charge in [-0.3, -0.25) is 14.9 Å². The van der Waals surface area contributed by atoms with E-state index in [1.54, 1.807) is 31.2 Å². The summed E-state index contributed by atoms with van der Waals surface area (Å²) in [6, 6.07) is 20.1. The number of nitro benzene ring substituents is 1. The normalized spacial score (nSPS) is 10.2. The van der Waals surface area contributed by atoms with Gasteiger partial charge in [0.05, 0.1) is 10.5 Å². The van der Waals surface area contributed by atoms with E-state index in [-0.39, 0.29) is 12.3 Å². The zero-order chi connectivity index (χ0) is 22.2.